The first-order valence-corrected chi connectivity index (χ1v) is 5.88. The molecule has 0 saturated carbocycles. The summed E-state index contributed by atoms with van der Waals surface area (Å²) in [6.45, 7) is 4.50. The molecule has 0 aromatic heterocycles. The van der Waals surface area contributed by atoms with Gasteiger partial charge in [-0.25, -0.2) is 0 Å². The van der Waals surface area contributed by atoms with Gasteiger partial charge in [-0.2, -0.15) is 0 Å². The van der Waals surface area contributed by atoms with E-state index in [9.17, 15) is 4.79 Å². The Hall–Kier alpha value is -2.15. The predicted octanol–water partition coefficient (Wildman–Crippen LogP) is 1.64. The minimum absolute atomic E-state index is 0.140. The second-order valence-corrected chi connectivity index (χ2v) is 3.72. The van der Waals surface area contributed by atoms with Crippen molar-refractivity contribution in [2.75, 3.05) is 18.5 Å². The Kier molecular flexibility index (Phi) is 5.59. The van der Waals surface area contributed by atoms with E-state index >= 15 is 0 Å². The number of carbonyl (C=O) groups excluding carboxylic acids is 1. The lowest BCUT2D eigenvalue weighted by molar-refractivity contribution is -0.121. The fraction of sp³-hybridized carbons (Fsp3) is 0.357. The summed E-state index contributed by atoms with van der Waals surface area (Å²) in [5.74, 6) is 2.96. The number of rotatable bonds is 6. The molecular formula is C14H18N2O2. The normalized spacial score (nSPS) is 11.2. The van der Waals surface area contributed by atoms with Gasteiger partial charge in [-0.3, -0.25) is 4.79 Å². The molecule has 0 aliphatic rings. The molecule has 1 aromatic rings. The number of ether oxygens (including phenoxy) is 1. The van der Waals surface area contributed by atoms with Crippen LogP contribution < -0.4 is 15.4 Å². The van der Waals surface area contributed by atoms with E-state index in [0.29, 0.717) is 6.61 Å². The topological polar surface area (TPSA) is 50.4 Å². The molecule has 1 amide bonds. The molecule has 1 atom stereocenters. The maximum Gasteiger partial charge on any atom is 0.242 e. The second kappa shape index (κ2) is 7.23. The Morgan fingerprint density at radius 2 is 2.22 bits per heavy atom. The van der Waals surface area contributed by atoms with Gasteiger partial charge in [-0.1, -0.05) is 18.1 Å². The molecule has 2 N–H and O–H groups in total. The molecule has 0 fully saturated rings. The SMILES string of the molecule is C#CCNC(=O)C(C)Nc1ccccc1OCC. The third kappa shape index (κ3) is 4.02. The molecule has 0 saturated heterocycles. The fourth-order valence-corrected chi connectivity index (χ4v) is 1.46. The minimum atomic E-state index is -0.375. The van der Waals surface area contributed by atoms with Crippen LogP contribution in [0, 0.1) is 12.3 Å². The Morgan fingerprint density at radius 3 is 2.89 bits per heavy atom. The molecule has 0 bridgehead atoms. The third-order valence-corrected chi connectivity index (χ3v) is 2.32. The number of terminal acetylenes is 1. The van der Waals surface area contributed by atoms with Crippen LogP contribution in [0.15, 0.2) is 24.3 Å². The van der Waals surface area contributed by atoms with Crippen LogP contribution in [0.2, 0.25) is 0 Å². The largest absolute Gasteiger partial charge is 0.492 e. The highest BCUT2D eigenvalue weighted by molar-refractivity contribution is 5.84. The first-order valence-electron chi connectivity index (χ1n) is 5.88. The van der Waals surface area contributed by atoms with Crippen LogP contribution >= 0.6 is 0 Å². The van der Waals surface area contributed by atoms with Gasteiger partial charge in [0.05, 0.1) is 18.8 Å². The number of nitrogens with one attached hydrogen (secondary N) is 2. The molecule has 1 aromatic carbocycles. The highest BCUT2D eigenvalue weighted by Crippen LogP contribution is 2.24. The van der Waals surface area contributed by atoms with E-state index in [1.54, 1.807) is 6.92 Å². The summed E-state index contributed by atoms with van der Waals surface area (Å²) in [5.41, 5.74) is 0.794. The summed E-state index contributed by atoms with van der Waals surface area (Å²) < 4.78 is 5.47. The van der Waals surface area contributed by atoms with E-state index in [2.05, 4.69) is 16.6 Å². The van der Waals surface area contributed by atoms with Crippen LogP contribution in [0.25, 0.3) is 0 Å². The summed E-state index contributed by atoms with van der Waals surface area (Å²) >= 11 is 0. The summed E-state index contributed by atoms with van der Waals surface area (Å²) in [7, 11) is 0. The summed E-state index contributed by atoms with van der Waals surface area (Å²) in [4.78, 5) is 11.7. The van der Waals surface area contributed by atoms with Crippen LogP contribution in [0.5, 0.6) is 5.75 Å². The Labute approximate surface area is 108 Å². The van der Waals surface area contributed by atoms with Crippen molar-refractivity contribution in [3.8, 4) is 18.1 Å². The number of hydrogen-bond acceptors (Lipinski definition) is 3. The van der Waals surface area contributed by atoms with Crippen molar-refractivity contribution in [1.29, 1.82) is 0 Å². The van der Waals surface area contributed by atoms with Gasteiger partial charge >= 0.3 is 0 Å². The molecule has 0 spiro atoms. The van der Waals surface area contributed by atoms with Gasteiger partial charge in [0.2, 0.25) is 5.91 Å². The van der Waals surface area contributed by atoms with Crippen molar-refractivity contribution in [3.05, 3.63) is 24.3 Å². The van der Waals surface area contributed by atoms with E-state index in [0.717, 1.165) is 11.4 Å². The molecule has 1 unspecified atom stereocenters. The predicted molar refractivity (Wildman–Crippen MR) is 72.5 cm³/mol. The lowest BCUT2D eigenvalue weighted by Crippen LogP contribution is -2.37. The smallest absolute Gasteiger partial charge is 0.242 e. The van der Waals surface area contributed by atoms with E-state index < -0.39 is 0 Å². The summed E-state index contributed by atoms with van der Waals surface area (Å²) in [6, 6.07) is 7.13. The highest BCUT2D eigenvalue weighted by Gasteiger charge is 2.13. The zero-order valence-corrected chi connectivity index (χ0v) is 10.7. The Bertz CT molecular complexity index is 438. The fourth-order valence-electron chi connectivity index (χ4n) is 1.46. The van der Waals surface area contributed by atoms with Crippen molar-refractivity contribution in [2.24, 2.45) is 0 Å². The third-order valence-electron chi connectivity index (χ3n) is 2.32. The average Bonchev–Trinajstić information content (AvgIpc) is 2.38. The highest BCUT2D eigenvalue weighted by atomic mass is 16.5. The molecule has 4 heteroatoms. The van der Waals surface area contributed by atoms with Gasteiger partial charge < -0.3 is 15.4 Å². The number of para-hydroxylation sites is 2. The van der Waals surface area contributed by atoms with E-state index in [1.807, 2.05) is 31.2 Å². The Morgan fingerprint density at radius 1 is 1.50 bits per heavy atom. The first kappa shape index (κ1) is 13.9. The molecule has 0 aliphatic carbocycles. The number of benzene rings is 1. The quantitative estimate of drug-likeness (QED) is 0.750. The van der Waals surface area contributed by atoms with Gasteiger partial charge in [-0.15, -0.1) is 6.42 Å². The van der Waals surface area contributed by atoms with Crippen LogP contribution in [0.4, 0.5) is 5.69 Å². The minimum Gasteiger partial charge on any atom is -0.492 e. The summed E-state index contributed by atoms with van der Waals surface area (Å²) in [5, 5.41) is 5.72. The molecular weight excluding hydrogens is 228 g/mol. The van der Waals surface area contributed by atoms with Gasteiger partial charge in [0.25, 0.3) is 0 Å². The molecule has 18 heavy (non-hydrogen) atoms. The van der Waals surface area contributed by atoms with Gasteiger partial charge in [0.1, 0.15) is 11.8 Å². The van der Waals surface area contributed by atoms with Crippen molar-refractivity contribution in [1.82, 2.24) is 5.32 Å². The number of hydrogen-bond donors (Lipinski definition) is 2. The van der Waals surface area contributed by atoms with Crippen molar-refractivity contribution >= 4 is 11.6 Å². The van der Waals surface area contributed by atoms with Crippen LogP contribution in [0.3, 0.4) is 0 Å². The molecule has 96 valence electrons. The molecule has 0 heterocycles. The summed E-state index contributed by atoms with van der Waals surface area (Å²) in [6.07, 6.45) is 5.09. The maximum atomic E-state index is 11.7. The van der Waals surface area contributed by atoms with Gasteiger partial charge in [-0.05, 0) is 26.0 Å². The number of anilines is 1. The van der Waals surface area contributed by atoms with Crippen LogP contribution in [0.1, 0.15) is 13.8 Å². The number of carbonyl (C=O) groups is 1. The zero-order chi connectivity index (χ0) is 13.4. The van der Waals surface area contributed by atoms with Gasteiger partial charge in [0, 0.05) is 0 Å². The number of amides is 1. The Balaban J connectivity index is 2.66. The standard InChI is InChI=1S/C14H18N2O2/c1-4-10-15-14(17)11(3)16-12-8-6-7-9-13(12)18-5-2/h1,6-9,11,16H,5,10H2,2-3H3,(H,15,17). The van der Waals surface area contributed by atoms with Gasteiger partial charge in [0.15, 0.2) is 0 Å². The van der Waals surface area contributed by atoms with Crippen molar-refractivity contribution in [2.45, 2.75) is 19.9 Å². The molecule has 0 radical (unpaired) electrons. The van der Waals surface area contributed by atoms with Crippen LogP contribution in [-0.4, -0.2) is 25.1 Å². The first-order chi connectivity index (χ1) is 8.69. The van der Waals surface area contributed by atoms with Crippen molar-refractivity contribution in [3.63, 3.8) is 0 Å². The second-order valence-electron chi connectivity index (χ2n) is 3.72. The monoisotopic (exact) mass is 246 g/mol. The van der Waals surface area contributed by atoms with E-state index in [1.165, 1.54) is 0 Å². The lowest BCUT2D eigenvalue weighted by atomic mass is 10.2. The van der Waals surface area contributed by atoms with Crippen molar-refractivity contribution < 1.29 is 9.53 Å². The molecule has 4 nitrogen and oxygen atoms in total. The molecule has 1 rings (SSSR count). The zero-order valence-electron chi connectivity index (χ0n) is 10.7. The van der Waals surface area contributed by atoms with E-state index in [4.69, 9.17) is 11.2 Å². The average molecular weight is 246 g/mol. The maximum absolute atomic E-state index is 11.7. The lowest BCUT2D eigenvalue weighted by Gasteiger charge is -2.17. The molecule has 0 aliphatic heterocycles. The van der Waals surface area contributed by atoms with Crippen LogP contribution in [-0.2, 0) is 4.79 Å². The van der Waals surface area contributed by atoms with E-state index in [-0.39, 0.29) is 18.5 Å².